The standard InChI is InChI=1S/C14H21N3O2/c1-10-4-3-7-17(11(10)2)14(19)9-16-8-12(15)5-6-13(16)18/h5-6,8,10-11H,3-4,7,9,15H2,1-2H3. The summed E-state index contributed by atoms with van der Waals surface area (Å²) in [4.78, 5) is 25.9. The number of likely N-dealkylation sites (tertiary alicyclic amines) is 1. The molecule has 2 rings (SSSR count). The second-order valence-electron chi connectivity index (χ2n) is 5.38. The number of hydrogen-bond acceptors (Lipinski definition) is 3. The number of carbonyl (C=O) groups is 1. The highest BCUT2D eigenvalue weighted by atomic mass is 16.2. The van der Waals surface area contributed by atoms with Crippen molar-refractivity contribution in [2.24, 2.45) is 5.92 Å². The van der Waals surface area contributed by atoms with Gasteiger partial charge in [-0.25, -0.2) is 0 Å². The average Bonchev–Trinajstić information content (AvgIpc) is 2.37. The van der Waals surface area contributed by atoms with E-state index in [2.05, 4.69) is 13.8 Å². The number of anilines is 1. The molecule has 2 N–H and O–H groups in total. The van der Waals surface area contributed by atoms with Crippen LogP contribution in [0.15, 0.2) is 23.1 Å². The first-order chi connectivity index (χ1) is 8.99. The minimum absolute atomic E-state index is 0.00764. The lowest BCUT2D eigenvalue weighted by Crippen LogP contribution is -2.47. The van der Waals surface area contributed by atoms with Crippen molar-refractivity contribution in [2.75, 3.05) is 12.3 Å². The molecule has 0 radical (unpaired) electrons. The lowest BCUT2D eigenvalue weighted by Gasteiger charge is -2.38. The zero-order chi connectivity index (χ0) is 14.0. The number of amides is 1. The van der Waals surface area contributed by atoms with Gasteiger partial charge in [-0.1, -0.05) is 6.92 Å². The summed E-state index contributed by atoms with van der Waals surface area (Å²) < 4.78 is 1.38. The van der Waals surface area contributed by atoms with Gasteiger partial charge in [-0.05, 0) is 31.7 Å². The summed E-state index contributed by atoms with van der Waals surface area (Å²) in [6, 6.07) is 3.18. The Bertz CT molecular complexity index is 524. The molecule has 1 saturated heterocycles. The van der Waals surface area contributed by atoms with Crippen LogP contribution in [0.5, 0.6) is 0 Å². The third kappa shape index (κ3) is 2.97. The molecule has 0 aliphatic carbocycles. The molecule has 1 fully saturated rings. The number of piperidine rings is 1. The van der Waals surface area contributed by atoms with Crippen LogP contribution >= 0.6 is 0 Å². The van der Waals surface area contributed by atoms with Gasteiger partial charge in [0.2, 0.25) is 5.91 Å². The van der Waals surface area contributed by atoms with Crippen LogP contribution in [0, 0.1) is 5.92 Å². The van der Waals surface area contributed by atoms with E-state index in [-0.39, 0.29) is 24.1 Å². The number of rotatable bonds is 2. The van der Waals surface area contributed by atoms with E-state index in [4.69, 9.17) is 5.73 Å². The molecule has 1 aliphatic heterocycles. The quantitative estimate of drug-likeness (QED) is 0.868. The van der Waals surface area contributed by atoms with Crippen LogP contribution in [0.3, 0.4) is 0 Å². The summed E-state index contributed by atoms with van der Waals surface area (Å²) in [7, 11) is 0. The van der Waals surface area contributed by atoms with Crippen molar-refractivity contribution in [1.29, 1.82) is 0 Å². The third-order valence-electron chi connectivity index (χ3n) is 4.01. The Kier molecular flexibility index (Phi) is 3.93. The Morgan fingerprint density at radius 1 is 1.42 bits per heavy atom. The second-order valence-corrected chi connectivity index (χ2v) is 5.38. The second kappa shape index (κ2) is 5.47. The Labute approximate surface area is 113 Å². The fraction of sp³-hybridized carbons (Fsp3) is 0.571. The molecule has 0 spiro atoms. The van der Waals surface area contributed by atoms with Crippen molar-refractivity contribution in [3.63, 3.8) is 0 Å². The monoisotopic (exact) mass is 263 g/mol. The Hall–Kier alpha value is -1.78. The molecule has 2 heterocycles. The highest BCUT2D eigenvalue weighted by Gasteiger charge is 2.28. The van der Waals surface area contributed by atoms with Crippen molar-refractivity contribution >= 4 is 11.6 Å². The number of nitrogens with zero attached hydrogens (tertiary/aromatic N) is 2. The van der Waals surface area contributed by atoms with E-state index in [0.717, 1.165) is 19.4 Å². The molecule has 5 heteroatoms. The average molecular weight is 263 g/mol. The summed E-state index contributed by atoms with van der Waals surface area (Å²) in [5.41, 5.74) is 5.95. The van der Waals surface area contributed by atoms with Crippen LogP contribution in [0.1, 0.15) is 26.7 Å². The zero-order valence-corrected chi connectivity index (χ0v) is 11.5. The third-order valence-corrected chi connectivity index (χ3v) is 4.01. The van der Waals surface area contributed by atoms with Gasteiger partial charge in [0.25, 0.3) is 5.56 Å². The number of nitrogen functional groups attached to an aromatic ring is 1. The SMILES string of the molecule is CC1CCCN(C(=O)Cn2cc(N)ccc2=O)C1C. The maximum atomic E-state index is 12.3. The molecule has 1 aromatic heterocycles. The van der Waals surface area contributed by atoms with Crippen LogP contribution in [0.2, 0.25) is 0 Å². The van der Waals surface area contributed by atoms with Gasteiger partial charge in [0, 0.05) is 30.5 Å². The molecule has 1 aromatic rings. The molecule has 5 nitrogen and oxygen atoms in total. The van der Waals surface area contributed by atoms with E-state index in [1.807, 2.05) is 4.90 Å². The van der Waals surface area contributed by atoms with Crippen molar-refractivity contribution in [3.8, 4) is 0 Å². The van der Waals surface area contributed by atoms with Crippen molar-refractivity contribution in [3.05, 3.63) is 28.7 Å². The Morgan fingerprint density at radius 2 is 2.16 bits per heavy atom. The first-order valence-corrected chi connectivity index (χ1v) is 6.74. The zero-order valence-electron chi connectivity index (χ0n) is 11.5. The summed E-state index contributed by atoms with van der Waals surface area (Å²) >= 11 is 0. The van der Waals surface area contributed by atoms with Crippen molar-refractivity contribution < 1.29 is 4.79 Å². The van der Waals surface area contributed by atoms with Gasteiger partial charge in [-0.3, -0.25) is 9.59 Å². The normalized spacial score (nSPS) is 23.4. The van der Waals surface area contributed by atoms with E-state index in [1.54, 1.807) is 6.07 Å². The lowest BCUT2D eigenvalue weighted by molar-refractivity contribution is -0.136. The maximum Gasteiger partial charge on any atom is 0.251 e. The predicted molar refractivity (Wildman–Crippen MR) is 74.7 cm³/mol. The smallest absolute Gasteiger partial charge is 0.251 e. The number of nitrogens with two attached hydrogens (primary N) is 1. The topological polar surface area (TPSA) is 68.3 Å². The molecule has 2 atom stereocenters. The fourth-order valence-electron chi connectivity index (χ4n) is 2.60. The van der Waals surface area contributed by atoms with Gasteiger partial charge in [0.15, 0.2) is 0 Å². The summed E-state index contributed by atoms with van der Waals surface area (Å²) in [5, 5.41) is 0. The Morgan fingerprint density at radius 3 is 2.89 bits per heavy atom. The molecule has 2 unspecified atom stereocenters. The predicted octanol–water partition coefficient (Wildman–Crippen LogP) is 1.08. The highest BCUT2D eigenvalue weighted by Crippen LogP contribution is 2.22. The largest absolute Gasteiger partial charge is 0.398 e. The van der Waals surface area contributed by atoms with E-state index in [9.17, 15) is 9.59 Å². The van der Waals surface area contributed by atoms with Crippen LogP contribution < -0.4 is 11.3 Å². The molecule has 1 aliphatic rings. The molecule has 19 heavy (non-hydrogen) atoms. The Balaban J connectivity index is 2.12. The highest BCUT2D eigenvalue weighted by molar-refractivity contribution is 5.76. The minimum atomic E-state index is -0.194. The molecule has 0 bridgehead atoms. The molecule has 0 saturated carbocycles. The van der Waals surface area contributed by atoms with Gasteiger partial charge < -0.3 is 15.2 Å². The first kappa shape index (κ1) is 13.6. The summed E-state index contributed by atoms with van der Waals surface area (Å²) in [5.74, 6) is 0.502. The van der Waals surface area contributed by atoms with Gasteiger partial charge >= 0.3 is 0 Å². The van der Waals surface area contributed by atoms with Crippen LogP contribution in [-0.4, -0.2) is 28.0 Å². The van der Waals surface area contributed by atoms with Gasteiger partial charge in [0.1, 0.15) is 6.54 Å². The van der Waals surface area contributed by atoms with Crippen molar-refractivity contribution in [2.45, 2.75) is 39.3 Å². The lowest BCUT2D eigenvalue weighted by atomic mass is 9.92. The van der Waals surface area contributed by atoms with E-state index >= 15 is 0 Å². The van der Waals surface area contributed by atoms with E-state index in [0.29, 0.717) is 11.6 Å². The summed E-state index contributed by atoms with van der Waals surface area (Å²) in [6.45, 7) is 5.09. The van der Waals surface area contributed by atoms with Crippen LogP contribution in [-0.2, 0) is 11.3 Å². The van der Waals surface area contributed by atoms with Crippen LogP contribution in [0.4, 0.5) is 5.69 Å². The molecule has 0 aromatic carbocycles. The molecule has 1 amide bonds. The number of aromatic nitrogens is 1. The number of hydrogen-bond donors (Lipinski definition) is 1. The van der Waals surface area contributed by atoms with Gasteiger partial charge in [-0.2, -0.15) is 0 Å². The molecule has 104 valence electrons. The molecular formula is C14H21N3O2. The van der Waals surface area contributed by atoms with Gasteiger partial charge in [-0.15, -0.1) is 0 Å². The summed E-state index contributed by atoms with van der Waals surface area (Å²) in [6.07, 6.45) is 3.71. The first-order valence-electron chi connectivity index (χ1n) is 6.74. The van der Waals surface area contributed by atoms with Crippen molar-refractivity contribution in [1.82, 2.24) is 9.47 Å². The number of carbonyl (C=O) groups excluding carboxylic acids is 1. The minimum Gasteiger partial charge on any atom is -0.398 e. The van der Waals surface area contributed by atoms with E-state index < -0.39 is 0 Å². The fourth-order valence-corrected chi connectivity index (χ4v) is 2.60. The van der Waals surface area contributed by atoms with E-state index in [1.165, 1.54) is 16.8 Å². The molecular weight excluding hydrogens is 242 g/mol. The maximum absolute atomic E-state index is 12.3. The van der Waals surface area contributed by atoms with Crippen LogP contribution in [0.25, 0.3) is 0 Å². The number of pyridine rings is 1. The van der Waals surface area contributed by atoms with Gasteiger partial charge in [0.05, 0.1) is 0 Å².